The molecule has 1 N–H and O–H groups in total. The van der Waals surface area contributed by atoms with Crippen molar-refractivity contribution in [2.45, 2.75) is 37.4 Å². The van der Waals surface area contributed by atoms with Crippen molar-refractivity contribution in [3.8, 4) is 0 Å². The molecule has 2 aliphatic heterocycles. The zero-order valence-corrected chi connectivity index (χ0v) is 10.7. The van der Waals surface area contributed by atoms with Crippen LogP contribution in [0.2, 0.25) is 0 Å². The van der Waals surface area contributed by atoms with Crippen LogP contribution in [0, 0.1) is 0 Å². The SMILES string of the molecule is O=C(CNCC1CCCCS1)N1CCCC1. The van der Waals surface area contributed by atoms with Gasteiger partial charge in [0.15, 0.2) is 0 Å². The summed E-state index contributed by atoms with van der Waals surface area (Å²) >= 11 is 2.06. The van der Waals surface area contributed by atoms with E-state index in [2.05, 4.69) is 17.1 Å². The van der Waals surface area contributed by atoms with Gasteiger partial charge in [-0.2, -0.15) is 11.8 Å². The maximum absolute atomic E-state index is 11.7. The molecule has 0 spiro atoms. The largest absolute Gasteiger partial charge is 0.342 e. The predicted octanol–water partition coefficient (Wildman–Crippen LogP) is 1.48. The van der Waals surface area contributed by atoms with Crippen LogP contribution in [0.4, 0.5) is 0 Å². The Morgan fingerprint density at radius 1 is 1.25 bits per heavy atom. The summed E-state index contributed by atoms with van der Waals surface area (Å²) in [7, 11) is 0. The summed E-state index contributed by atoms with van der Waals surface area (Å²) < 4.78 is 0. The molecular weight excluding hydrogens is 220 g/mol. The Morgan fingerprint density at radius 2 is 2.06 bits per heavy atom. The minimum atomic E-state index is 0.290. The molecule has 0 aromatic heterocycles. The van der Waals surface area contributed by atoms with E-state index < -0.39 is 0 Å². The number of thioether (sulfide) groups is 1. The van der Waals surface area contributed by atoms with E-state index in [9.17, 15) is 4.79 Å². The number of carbonyl (C=O) groups excluding carboxylic acids is 1. The second-order valence-corrected chi connectivity index (χ2v) is 6.12. The zero-order chi connectivity index (χ0) is 11.2. The smallest absolute Gasteiger partial charge is 0.236 e. The van der Waals surface area contributed by atoms with Crippen LogP contribution in [-0.4, -0.2) is 48.0 Å². The van der Waals surface area contributed by atoms with E-state index in [1.807, 2.05) is 4.90 Å². The summed E-state index contributed by atoms with van der Waals surface area (Å²) in [5, 5.41) is 4.06. The van der Waals surface area contributed by atoms with Crippen molar-refractivity contribution in [1.29, 1.82) is 0 Å². The van der Waals surface area contributed by atoms with Gasteiger partial charge in [-0.25, -0.2) is 0 Å². The van der Waals surface area contributed by atoms with Gasteiger partial charge in [-0.3, -0.25) is 4.79 Å². The normalized spacial score (nSPS) is 26.0. The van der Waals surface area contributed by atoms with Crippen molar-refractivity contribution in [1.82, 2.24) is 10.2 Å². The van der Waals surface area contributed by atoms with Crippen molar-refractivity contribution >= 4 is 17.7 Å². The van der Waals surface area contributed by atoms with Crippen LogP contribution in [-0.2, 0) is 4.79 Å². The second kappa shape index (κ2) is 6.50. The molecule has 2 fully saturated rings. The van der Waals surface area contributed by atoms with Crippen molar-refractivity contribution < 1.29 is 4.79 Å². The van der Waals surface area contributed by atoms with Gasteiger partial charge in [0, 0.05) is 24.9 Å². The van der Waals surface area contributed by atoms with E-state index in [4.69, 9.17) is 0 Å². The standard InChI is InChI=1S/C12H22N2OS/c15-12(14-6-2-3-7-14)10-13-9-11-5-1-4-8-16-11/h11,13H,1-10H2. The van der Waals surface area contributed by atoms with Gasteiger partial charge in [-0.05, 0) is 31.4 Å². The number of nitrogens with one attached hydrogen (secondary N) is 1. The second-order valence-electron chi connectivity index (χ2n) is 4.71. The average Bonchev–Trinajstić information content (AvgIpc) is 2.84. The lowest BCUT2D eigenvalue weighted by Gasteiger charge is -2.22. The molecule has 1 unspecified atom stereocenters. The van der Waals surface area contributed by atoms with Crippen LogP contribution in [0.3, 0.4) is 0 Å². The molecule has 2 saturated heterocycles. The first-order valence-electron chi connectivity index (χ1n) is 6.46. The predicted molar refractivity (Wildman–Crippen MR) is 68.8 cm³/mol. The Balaban J connectivity index is 1.57. The number of hydrogen-bond acceptors (Lipinski definition) is 3. The topological polar surface area (TPSA) is 32.3 Å². The lowest BCUT2D eigenvalue weighted by molar-refractivity contribution is -0.129. The van der Waals surface area contributed by atoms with Crippen LogP contribution in [0.25, 0.3) is 0 Å². The van der Waals surface area contributed by atoms with Crippen LogP contribution >= 0.6 is 11.8 Å². The van der Waals surface area contributed by atoms with E-state index in [0.29, 0.717) is 12.5 Å². The van der Waals surface area contributed by atoms with Crippen LogP contribution in [0.5, 0.6) is 0 Å². The fourth-order valence-electron chi connectivity index (χ4n) is 2.39. The van der Waals surface area contributed by atoms with Crippen molar-refractivity contribution in [3.05, 3.63) is 0 Å². The van der Waals surface area contributed by atoms with Crippen LogP contribution in [0.1, 0.15) is 32.1 Å². The molecule has 2 aliphatic rings. The van der Waals surface area contributed by atoms with E-state index in [0.717, 1.165) is 24.9 Å². The number of amides is 1. The van der Waals surface area contributed by atoms with Crippen molar-refractivity contribution in [2.75, 3.05) is 31.9 Å². The Labute approximate surface area is 102 Å². The molecule has 2 rings (SSSR count). The fourth-order valence-corrected chi connectivity index (χ4v) is 3.66. The maximum atomic E-state index is 11.7. The number of likely N-dealkylation sites (tertiary alicyclic amines) is 1. The van der Waals surface area contributed by atoms with E-state index in [-0.39, 0.29) is 0 Å². The minimum Gasteiger partial charge on any atom is -0.342 e. The monoisotopic (exact) mass is 242 g/mol. The summed E-state index contributed by atoms with van der Waals surface area (Å²) in [6, 6.07) is 0. The Bertz CT molecular complexity index is 223. The molecule has 1 atom stereocenters. The van der Waals surface area contributed by atoms with Gasteiger partial charge in [0.25, 0.3) is 0 Å². The number of nitrogens with zero attached hydrogens (tertiary/aromatic N) is 1. The van der Waals surface area contributed by atoms with E-state index in [1.165, 1.54) is 37.9 Å². The highest BCUT2D eigenvalue weighted by molar-refractivity contribution is 7.99. The summed E-state index contributed by atoms with van der Waals surface area (Å²) in [6.45, 7) is 3.48. The van der Waals surface area contributed by atoms with Gasteiger partial charge < -0.3 is 10.2 Å². The van der Waals surface area contributed by atoms with E-state index in [1.54, 1.807) is 0 Å². The lowest BCUT2D eigenvalue weighted by Crippen LogP contribution is -2.38. The Morgan fingerprint density at radius 3 is 2.75 bits per heavy atom. The minimum absolute atomic E-state index is 0.290. The molecular formula is C12H22N2OS. The number of rotatable bonds is 4. The molecule has 0 aromatic rings. The molecule has 0 radical (unpaired) electrons. The average molecular weight is 242 g/mol. The number of hydrogen-bond donors (Lipinski definition) is 1. The third-order valence-electron chi connectivity index (χ3n) is 3.38. The zero-order valence-electron chi connectivity index (χ0n) is 9.91. The third kappa shape index (κ3) is 3.67. The molecule has 3 nitrogen and oxygen atoms in total. The Hall–Kier alpha value is -0.220. The summed E-state index contributed by atoms with van der Waals surface area (Å²) in [4.78, 5) is 13.7. The lowest BCUT2D eigenvalue weighted by atomic mass is 10.2. The summed E-state index contributed by atoms with van der Waals surface area (Å²) in [5.41, 5.74) is 0. The van der Waals surface area contributed by atoms with Gasteiger partial charge in [0.05, 0.1) is 6.54 Å². The highest BCUT2D eigenvalue weighted by Gasteiger charge is 2.18. The van der Waals surface area contributed by atoms with Gasteiger partial charge in [0.1, 0.15) is 0 Å². The van der Waals surface area contributed by atoms with Gasteiger partial charge in [-0.1, -0.05) is 6.42 Å². The van der Waals surface area contributed by atoms with Gasteiger partial charge in [0.2, 0.25) is 5.91 Å². The molecule has 1 amide bonds. The fraction of sp³-hybridized carbons (Fsp3) is 0.917. The highest BCUT2D eigenvalue weighted by atomic mass is 32.2. The molecule has 2 heterocycles. The van der Waals surface area contributed by atoms with Crippen molar-refractivity contribution in [3.63, 3.8) is 0 Å². The number of carbonyl (C=O) groups is 1. The maximum Gasteiger partial charge on any atom is 0.236 e. The van der Waals surface area contributed by atoms with Gasteiger partial charge >= 0.3 is 0 Å². The van der Waals surface area contributed by atoms with E-state index >= 15 is 0 Å². The first kappa shape index (κ1) is 12.2. The summed E-state index contributed by atoms with van der Waals surface area (Å²) in [6.07, 6.45) is 6.41. The molecule has 0 aromatic carbocycles. The van der Waals surface area contributed by atoms with Crippen molar-refractivity contribution in [2.24, 2.45) is 0 Å². The van der Waals surface area contributed by atoms with Crippen LogP contribution in [0.15, 0.2) is 0 Å². The molecule has 92 valence electrons. The van der Waals surface area contributed by atoms with Gasteiger partial charge in [-0.15, -0.1) is 0 Å². The quantitative estimate of drug-likeness (QED) is 0.810. The molecule has 4 heteroatoms. The Kier molecular flexibility index (Phi) is 4.97. The third-order valence-corrected chi connectivity index (χ3v) is 4.78. The molecule has 0 bridgehead atoms. The molecule has 0 aliphatic carbocycles. The first-order valence-corrected chi connectivity index (χ1v) is 7.51. The summed E-state index contributed by atoms with van der Waals surface area (Å²) in [5.74, 6) is 1.59. The molecule has 0 saturated carbocycles. The first-order chi connectivity index (χ1) is 7.86. The highest BCUT2D eigenvalue weighted by Crippen LogP contribution is 2.24. The van der Waals surface area contributed by atoms with Crippen LogP contribution < -0.4 is 5.32 Å². The molecule has 16 heavy (non-hydrogen) atoms.